The molecule has 4 heteroatoms. The van der Waals surface area contributed by atoms with Gasteiger partial charge in [0.05, 0.1) is 12.7 Å². The standard InChI is InChI=1S/C8H16O4/c1-5-3-7(6(10)4-9)12-8(5)11-2/h5-10H,3-4H2,1-2H3/t5-,6?,7-,8-/m0/s1. The quantitative estimate of drug-likeness (QED) is 0.622. The highest BCUT2D eigenvalue weighted by atomic mass is 16.7. The zero-order chi connectivity index (χ0) is 9.14. The van der Waals surface area contributed by atoms with E-state index in [1.165, 1.54) is 0 Å². The molecule has 2 N–H and O–H groups in total. The van der Waals surface area contributed by atoms with Crippen molar-refractivity contribution in [2.45, 2.75) is 31.8 Å². The Bertz CT molecular complexity index is 139. The molecule has 0 bridgehead atoms. The summed E-state index contributed by atoms with van der Waals surface area (Å²) in [6, 6.07) is 0. The van der Waals surface area contributed by atoms with Crippen molar-refractivity contribution >= 4 is 0 Å². The molecule has 1 saturated heterocycles. The molecule has 1 aliphatic rings. The van der Waals surface area contributed by atoms with Crippen LogP contribution in [0.3, 0.4) is 0 Å². The van der Waals surface area contributed by atoms with Gasteiger partial charge in [0.1, 0.15) is 6.10 Å². The van der Waals surface area contributed by atoms with Crippen molar-refractivity contribution in [2.75, 3.05) is 13.7 Å². The average Bonchev–Trinajstić information content (AvgIpc) is 2.45. The van der Waals surface area contributed by atoms with Gasteiger partial charge >= 0.3 is 0 Å². The lowest BCUT2D eigenvalue weighted by molar-refractivity contribution is -0.153. The minimum Gasteiger partial charge on any atom is -0.394 e. The van der Waals surface area contributed by atoms with Gasteiger partial charge in [-0.25, -0.2) is 0 Å². The summed E-state index contributed by atoms with van der Waals surface area (Å²) in [6.07, 6.45) is -0.570. The van der Waals surface area contributed by atoms with Crippen LogP contribution >= 0.6 is 0 Å². The Morgan fingerprint density at radius 1 is 1.67 bits per heavy atom. The molecule has 1 unspecified atom stereocenters. The van der Waals surface area contributed by atoms with Gasteiger partial charge in [-0.1, -0.05) is 6.92 Å². The van der Waals surface area contributed by atoms with Gasteiger partial charge in [0.25, 0.3) is 0 Å². The smallest absolute Gasteiger partial charge is 0.160 e. The van der Waals surface area contributed by atoms with E-state index in [1.54, 1.807) is 7.11 Å². The van der Waals surface area contributed by atoms with Gasteiger partial charge in [-0.3, -0.25) is 0 Å². The molecule has 4 nitrogen and oxygen atoms in total. The summed E-state index contributed by atoms with van der Waals surface area (Å²) in [6.45, 7) is 1.74. The van der Waals surface area contributed by atoms with Crippen molar-refractivity contribution in [2.24, 2.45) is 5.92 Å². The molecule has 0 aromatic carbocycles. The van der Waals surface area contributed by atoms with Gasteiger partial charge in [0, 0.05) is 13.0 Å². The van der Waals surface area contributed by atoms with Crippen LogP contribution in [-0.2, 0) is 9.47 Å². The first-order valence-electron chi connectivity index (χ1n) is 4.16. The monoisotopic (exact) mass is 176 g/mol. The molecule has 0 aromatic heterocycles. The Hall–Kier alpha value is -0.160. The van der Waals surface area contributed by atoms with Crippen LogP contribution in [0.25, 0.3) is 0 Å². The maximum atomic E-state index is 9.26. The second kappa shape index (κ2) is 4.18. The van der Waals surface area contributed by atoms with Crippen LogP contribution in [-0.4, -0.2) is 42.4 Å². The first-order valence-corrected chi connectivity index (χ1v) is 4.16. The van der Waals surface area contributed by atoms with Crippen LogP contribution in [0.15, 0.2) is 0 Å². The van der Waals surface area contributed by atoms with Crippen LogP contribution in [0, 0.1) is 5.92 Å². The third kappa shape index (κ3) is 1.95. The first-order chi connectivity index (χ1) is 5.69. The Balaban J connectivity index is 2.42. The molecule has 0 aliphatic carbocycles. The van der Waals surface area contributed by atoms with Crippen molar-refractivity contribution in [3.05, 3.63) is 0 Å². The summed E-state index contributed by atoms with van der Waals surface area (Å²) >= 11 is 0. The second-order valence-electron chi connectivity index (χ2n) is 3.24. The number of methoxy groups -OCH3 is 1. The molecule has 72 valence electrons. The maximum Gasteiger partial charge on any atom is 0.160 e. The molecule has 0 radical (unpaired) electrons. The van der Waals surface area contributed by atoms with Crippen LogP contribution in [0.5, 0.6) is 0 Å². The lowest BCUT2D eigenvalue weighted by atomic mass is 10.0. The highest BCUT2D eigenvalue weighted by Gasteiger charge is 2.35. The first kappa shape index (κ1) is 9.92. The highest BCUT2D eigenvalue weighted by Crippen LogP contribution is 2.28. The topological polar surface area (TPSA) is 58.9 Å². The van der Waals surface area contributed by atoms with E-state index in [0.29, 0.717) is 0 Å². The molecule has 4 atom stereocenters. The number of hydrogen-bond acceptors (Lipinski definition) is 4. The Kier molecular flexibility index (Phi) is 3.46. The van der Waals surface area contributed by atoms with E-state index >= 15 is 0 Å². The van der Waals surface area contributed by atoms with Crippen molar-refractivity contribution in [3.8, 4) is 0 Å². The van der Waals surface area contributed by atoms with Gasteiger partial charge in [0.15, 0.2) is 6.29 Å². The van der Waals surface area contributed by atoms with E-state index in [0.717, 1.165) is 6.42 Å². The minimum atomic E-state index is -0.785. The predicted octanol–water partition coefficient (Wildman–Crippen LogP) is -0.263. The zero-order valence-electron chi connectivity index (χ0n) is 7.43. The number of ether oxygens (including phenoxy) is 2. The molecular formula is C8H16O4. The summed E-state index contributed by atoms with van der Waals surface area (Å²) in [5.41, 5.74) is 0. The third-order valence-electron chi connectivity index (χ3n) is 2.23. The second-order valence-corrected chi connectivity index (χ2v) is 3.24. The van der Waals surface area contributed by atoms with Crippen LogP contribution in [0.1, 0.15) is 13.3 Å². The van der Waals surface area contributed by atoms with E-state index in [-0.39, 0.29) is 24.9 Å². The van der Waals surface area contributed by atoms with Crippen LogP contribution in [0.2, 0.25) is 0 Å². The predicted molar refractivity (Wildman–Crippen MR) is 42.5 cm³/mol. The van der Waals surface area contributed by atoms with Crippen molar-refractivity contribution in [3.63, 3.8) is 0 Å². The summed E-state index contributed by atoms with van der Waals surface area (Å²) in [4.78, 5) is 0. The average molecular weight is 176 g/mol. The fourth-order valence-electron chi connectivity index (χ4n) is 1.49. The summed E-state index contributed by atoms with van der Waals surface area (Å²) in [5, 5.41) is 17.9. The molecule has 1 rings (SSSR count). The van der Waals surface area contributed by atoms with E-state index in [9.17, 15) is 5.11 Å². The molecule has 1 heterocycles. The highest BCUT2D eigenvalue weighted by molar-refractivity contribution is 4.79. The van der Waals surface area contributed by atoms with Crippen LogP contribution < -0.4 is 0 Å². The Labute approximate surface area is 72.1 Å². The van der Waals surface area contributed by atoms with E-state index in [1.807, 2.05) is 6.92 Å². The number of hydrogen-bond donors (Lipinski definition) is 2. The fourth-order valence-corrected chi connectivity index (χ4v) is 1.49. The van der Waals surface area contributed by atoms with Gasteiger partial charge in [-0.05, 0) is 6.42 Å². The van der Waals surface area contributed by atoms with E-state index in [2.05, 4.69) is 0 Å². The van der Waals surface area contributed by atoms with Crippen molar-refractivity contribution < 1.29 is 19.7 Å². The van der Waals surface area contributed by atoms with E-state index < -0.39 is 6.10 Å². The maximum absolute atomic E-state index is 9.26. The Morgan fingerprint density at radius 2 is 2.33 bits per heavy atom. The van der Waals surface area contributed by atoms with Gasteiger partial charge < -0.3 is 19.7 Å². The summed E-state index contributed by atoms with van der Waals surface area (Å²) < 4.78 is 10.4. The number of rotatable bonds is 3. The Morgan fingerprint density at radius 3 is 2.75 bits per heavy atom. The van der Waals surface area contributed by atoms with Gasteiger partial charge in [0.2, 0.25) is 0 Å². The molecule has 0 amide bonds. The van der Waals surface area contributed by atoms with Crippen molar-refractivity contribution in [1.82, 2.24) is 0 Å². The number of aliphatic hydroxyl groups excluding tert-OH is 2. The molecule has 0 aromatic rings. The lowest BCUT2D eigenvalue weighted by Gasteiger charge is -2.16. The zero-order valence-corrected chi connectivity index (χ0v) is 7.43. The summed E-state index contributed by atoms with van der Waals surface area (Å²) in [7, 11) is 1.58. The molecule has 1 aliphatic heterocycles. The number of aliphatic hydroxyl groups is 2. The van der Waals surface area contributed by atoms with Crippen molar-refractivity contribution in [1.29, 1.82) is 0 Å². The normalized spacial score (nSPS) is 38.5. The fraction of sp³-hybridized carbons (Fsp3) is 1.00. The molecule has 0 spiro atoms. The van der Waals surface area contributed by atoms with Gasteiger partial charge in [-0.2, -0.15) is 0 Å². The third-order valence-corrected chi connectivity index (χ3v) is 2.23. The molecule has 12 heavy (non-hydrogen) atoms. The minimum absolute atomic E-state index is 0.240. The molecular weight excluding hydrogens is 160 g/mol. The molecule has 1 fully saturated rings. The van der Waals surface area contributed by atoms with E-state index in [4.69, 9.17) is 14.6 Å². The van der Waals surface area contributed by atoms with Gasteiger partial charge in [-0.15, -0.1) is 0 Å². The van der Waals surface area contributed by atoms with Crippen LogP contribution in [0.4, 0.5) is 0 Å². The SMILES string of the molecule is CO[C@H]1O[C@H](C(O)CO)C[C@@H]1C. The largest absolute Gasteiger partial charge is 0.394 e. The summed E-state index contributed by atoms with van der Waals surface area (Å²) in [5.74, 6) is 0.279. The lowest BCUT2D eigenvalue weighted by Crippen LogP contribution is -2.29. The molecule has 0 saturated carbocycles.